The Labute approximate surface area is 144 Å². The Balaban J connectivity index is 1.37. The third-order valence-corrected chi connectivity index (χ3v) is 6.57. The molecule has 0 radical (unpaired) electrons. The Morgan fingerprint density at radius 1 is 1.17 bits per heavy atom. The van der Waals surface area contributed by atoms with Gasteiger partial charge in [0.05, 0.1) is 5.54 Å². The van der Waals surface area contributed by atoms with Crippen molar-refractivity contribution in [2.24, 2.45) is 29.6 Å². The lowest BCUT2D eigenvalue weighted by Crippen LogP contribution is -2.47. The number of piperidine rings is 1. The van der Waals surface area contributed by atoms with Crippen LogP contribution in [0.3, 0.4) is 0 Å². The molecule has 1 amide bonds. The van der Waals surface area contributed by atoms with Crippen LogP contribution in [-0.4, -0.2) is 24.5 Å². The van der Waals surface area contributed by atoms with Crippen LogP contribution in [0.1, 0.15) is 26.7 Å². The number of amides is 1. The molecular weight excluding hydrogens is 296 g/mol. The first kappa shape index (κ1) is 14.7. The van der Waals surface area contributed by atoms with Gasteiger partial charge in [-0.3, -0.25) is 4.79 Å². The fourth-order valence-corrected chi connectivity index (χ4v) is 5.02. The molecule has 3 heteroatoms. The first-order chi connectivity index (χ1) is 11.6. The molecule has 0 aromatic carbocycles. The van der Waals surface area contributed by atoms with Crippen molar-refractivity contribution >= 4 is 5.91 Å². The number of carbonyl (C=O) groups excluding carboxylic acids is 1. The molecular formula is C21H26N2O. The number of nitrogens with one attached hydrogen (secondary N) is 2. The second-order valence-corrected chi connectivity index (χ2v) is 8.63. The van der Waals surface area contributed by atoms with E-state index in [9.17, 15) is 4.79 Å². The maximum absolute atomic E-state index is 12.8. The second-order valence-electron chi connectivity index (χ2n) is 8.63. The molecule has 24 heavy (non-hydrogen) atoms. The Kier molecular flexibility index (Phi) is 3.03. The van der Waals surface area contributed by atoms with Gasteiger partial charge in [-0.05, 0) is 74.3 Å². The number of fused-ring (bicyclic) bond motifs is 2. The lowest BCUT2D eigenvalue weighted by molar-refractivity contribution is -0.124. The Morgan fingerprint density at radius 3 is 2.62 bits per heavy atom. The first-order valence-electron chi connectivity index (χ1n) is 9.40. The predicted octanol–water partition coefficient (Wildman–Crippen LogP) is 2.74. The quantitative estimate of drug-likeness (QED) is 0.835. The van der Waals surface area contributed by atoms with Gasteiger partial charge >= 0.3 is 0 Å². The van der Waals surface area contributed by atoms with Crippen LogP contribution < -0.4 is 10.6 Å². The smallest absolute Gasteiger partial charge is 0.224 e. The summed E-state index contributed by atoms with van der Waals surface area (Å²) in [5.41, 5.74) is 4.05. The summed E-state index contributed by atoms with van der Waals surface area (Å²) in [6.07, 6.45) is 13.9. The summed E-state index contributed by atoms with van der Waals surface area (Å²) in [5.74, 6) is 2.75. The standard InChI is InChI=1S/C21H26N2O/c1-21(2,23-20(24)19-16-10-22-11-17(16)19)18-9-15(12-7-8-12)13-5-3-4-6-14(13)18/h3-6,9,12,14,16-17,19,22H,7-8,10-11H2,1-2H3,(H,23,24)/t14?,16-,17+,19?. The van der Waals surface area contributed by atoms with Gasteiger partial charge in [0, 0.05) is 11.8 Å². The summed E-state index contributed by atoms with van der Waals surface area (Å²) < 4.78 is 0. The van der Waals surface area contributed by atoms with Crippen LogP contribution in [0, 0.1) is 29.6 Å². The minimum atomic E-state index is -0.288. The molecule has 5 aliphatic rings. The molecule has 0 aromatic rings. The number of hydrogen-bond donors (Lipinski definition) is 2. The Hall–Kier alpha value is -1.61. The van der Waals surface area contributed by atoms with Gasteiger partial charge in [-0.1, -0.05) is 30.4 Å². The SMILES string of the molecule is CC(C)(NC(=O)C1[C@H]2CNC[C@@H]12)C1=CC(C2CC2)=C2C=CC=CC12. The molecule has 0 bridgehead atoms. The van der Waals surface area contributed by atoms with Crippen molar-refractivity contribution in [3.63, 3.8) is 0 Å². The molecule has 126 valence electrons. The van der Waals surface area contributed by atoms with Gasteiger partial charge in [0.2, 0.25) is 5.91 Å². The highest BCUT2D eigenvalue weighted by molar-refractivity contribution is 5.84. The zero-order valence-electron chi connectivity index (χ0n) is 14.5. The van der Waals surface area contributed by atoms with Crippen LogP contribution in [0.5, 0.6) is 0 Å². The molecule has 4 atom stereocenters. The normalized spacial score (nSPS) is 36.5. The van der Waals surface area contributed by atoms with Gasteiger partial charge in [0.25, 0.3) is 0 Å². The van der Waals surface area contributed by atoms with E-state index in [0.717, 1.165) is 19.0 Å². The third-order valence-electron chi connectivity index (χ3n) is 6.57. The predicted molar refractivity (Wildman–Crippen MR) is 95.2 cm³/mol. The summed E-state index contributed by atoms with van der Waals surface area (Å²) in [4.78, 5) is 12.8. The van der Waals surface area contributed by atoms with Gasteiger partial charge in [-0.2, -0.15) is 0 Å². The number of hydrogen-bond acceptors (Lipinski definition) is 2. The zero-order valence-corrected chi connectivity index (χ0v) is 14.5. The molecule has 2 unspecified atom stereocenters. The fourth-order valence-electron chi connectivity index (χ4n) is 5.02. The van der Waals surface area contributed by atoms with Crippen molar-refractivity contribution in [3.8, 4) is 0 Å². The minimum Gasteiger partial charge on any atom is -0.347 e. The number of allylic oxidation sites excluding steroid dienone is 7. The number of rotatable bonds is 4. The highest BCUT2D eigenvalue weighted by Gasteiger charge is 2.57. The fraction of sp³-hybridized carbons (Fsp3) is 0.571. The third kappa shape index (κ3) is 2.17. The summed E-state index contributed by atoms with van der Waals surface area (Å²) in [6.45, 7) is 6.37. The summed E-state index contributed by atoms with van der Waals surface area (Å²) in [6, 6.07) is 0. The average molecular weight is 322 g/mol. The van der Waals surface area contributed by atoms with Crippen LogP contribution >= 0.6 is 0 Å². The molecule has 2 saturated carbocycles. The van der Waals surface area contributed by atoms with E-state index in [1.807, 2.05) is 0 Å². The van der Waals surface area contributed by atoms with E-state index in [-0.39, 0.29) is 17.4 Å². The van der Waals surface area contributed by atoms with Gasteiger partial charge in [0.1, 0.15) is 0 Å². The minimum absolute atomic E-state index is 0.240. The van der Waals surface area contributed by atoms with E-state index in [2.05, 4.69) is 54.9 Å². The molecule has 3 nitrogen and oxygen atoms in total. The van der Waals surface area contributed by atoms with Crippen LogP contribution in [0.15, 0.2) is 47.1 Å². The zero-order chi connectivity index (χ0) is 16.5. The van der Waals surface area contributed by atoms with Gasteiger partial charge in [0.15, 0.2) is 0 Å². The molecule has 3 fully saturated rings. The highest BCUT2D eigenvalue weighted by Crippen LogP contribution is 2.51. The van der Waals surface area contributed by atoms with Crippen molar-refractivity contribution in [1.29, 1.82) is 0 Å². The van der Waals surface area contributed by atoms with Crippen molar-refractivity contribution in [2.75, 3.05) is 13.1 Å². The summed E-state index contributed by atoms with van der Waals surface area (Å²) >= 11 is 0. The summed E-state index contributed by atoms with van der Waals surface area (Å²) in [7, 11) is 0. The van der Waals surface area contributed by atoms with Crippen molar-refractivity contribution in [3.05, 3.63) is 47.1 Å². The van der Waals surface area contributed by atoms with Crippen molar-refractivity contribution in [2.45, 2.75) is 32.2 Å². The van der Waals surface area contributed by atoms with Crippen LogP contribution in [0.25, 0.3) is 0 Å². The number of carbonyl (C=O) groups is 1. The van der Waals surface area contributed by atoms with E-state index in [4.69, 9.17) is 0 Å². The molecule has 1 saturated heterocycles. The highest BCUT2D eigenvalue weighted by atomic mass is 16.2. The second kappa shape index (κ2) is 4.95. The molecule has 1 heterocycles. The van der Waals surface area contributed by atoms with Crippen LogP contribution in [0.2, 0.25) is 0 Å². The van der Waals surface area contributed by atoms with E-state index in [1.54, 1.807) is 0 Å². The van der Waals surface area contributed by atoms with Crippen molar-refractivity contribution in [1.82, 2.24) is 10.6 Å². The Morgan fingerprint density at radius 2 is 1.92 bits per heavy atom. The molecule has 0 spiro atoms. The average Bonchev–Trinajstić information content (AvgIpc) is 3.43. The van der Waals surface area contributed by atoms with E-state index in [0.29, 0.717) is 17.8 Å². The van der Waals surface area contributed by atoms with Gasteiger partial charge in [-0.25, -0.2) is 0 Å². The van der Waals surface area contributed by atoms with Gasteiger partial charge < -0.3 is 10.6 Å². The van der Waals surface area contributed by atoms with Crippen LogP contribution in [-0.2, 0) is 4.79 Å². The van der Waals surface area contributed by atoms with Crippen LogP contribution in [0.4, 0.5) is 0 Å². The first-order valence-corrected chi connectivity index (χ1v) is 9.40. The maximum atomic E-state index is 12.8. The molecule has 4 aliphatic carbocycles. The topological polar surface area (TPSA) is 41.1 Å². The largest absolute Gasteiger partial charge is 0.347 e. The van der Waals surface area contributed by atoms with E-state index in [1.165, 1.54) is 29.6 Å². The molecule has 1 aliphatic heterocycles. The molecule has 2 N–H and O–H groups in total. The van der Waals surface area contributed by atoms with E-state index < -0.39 is 0 Å². The maximum Gasteiger partial charge on any atom is 0.224 e. The molecule has 0 aromatic heterocycles. The lowest BCUT2D eigenvalue weighted by atomic mass is 9.81. The van der Waals surface area contributed by atoms with Crippen molar-refractivity contribution < 1.29 is 4.79 Å². The Bertz CT molecular complexity index is 710. The monoisotopic (exact) mass is 322 g/mol. The van der Waals surface area contributed by atoms with E-state index >= 15 is 0 Å². The van der Waals surface area contributed by atoms with Gasteiger partial charge in [-0.15, -0.1) is 0 Å². The molecule has 5 rings (SSSR count). The summed E-state index contributed by atoms with van der Waals surface area (Å²) in [5, 5.41) is 6.75. The lowest BCUT2D eigenvalue weighted by Gasteiger charge is -2.32.